The topological polar surface area (TPSA) is 71.0 Å². The van der Waals surface area contributed by atoms with Crippen molar-refractivity contribution in [1.29, 1.82) is 0 Å². The number of hydrogen-bond donors (Lipinski definition) is 1. The number of benzene rings is 2. The Bertz CT molecular complexity index is 1230. The van der Waals surface area contributed by atoms with E-state index in [9.17, 15) is 9.59 Å². The number of fused-ring (bicyclic) bond motifs is 1. The predicted molar refractivity (Wildman–Crippen MR) is 141 cm³/mol. The fourth-order valence-electron chi connectivity index (χ4n) is 4.54. The van der Waals surface area contributed by atoms with Crippen molar-refractivity contribution in [3.8, 4) is 0 Å². The third kappa shape index (κ3) is 5.05. The quantitative estimate of drug-likeness (QED) is 0.505. The molecule has 7 heteroatoms. The fourth-order valence-corrected chi connectivity index (χ4v) is 5.48. The minimum absolute atomic E-state index is 0.0842. The summed E-state index contributed by atoms with van der Waals surface area (Å²) in [4.78, 5) is 33.0. The molecule has 0 saturated heterocycles. The van der Waals surface area contributed by atoms with Crippen LogP contribution >= 0.6 is 11.8 Å². The van der Waals surface area contributed by atoms with Crippen LogP contribution in [0.25, 0.3) is 0 Å². The van der Waals surface area contributed by atoms with E-state index in [1.54, 1.807) is 0 Å². The largest absolute Gasteiger partial charge is 0.466 e. The molecule has 2 aromatic carbocycles. The van der Waals surface area contributed by atoms with Gasteiger partial charge >= 0.3 is 5.97 Å². The van der Waals surface area contributed by atoms with Crippen LogP contribution in [0, 0.1) is 13.8 Å². The van der Waals surface area contributed by atoms with Crippen molar-refractivity contribution in [2.45, 2.75) is 52.6 Å². The van der Waals surface area contributed by atoms with Gasteiger partial charge in [-0.1, -0.05) is 72.8 Å². The first kappa shape index (κ1) is 24.8. The molecule has 0 saturated carbocycles. The van der Waals surface area contributed by atoms with Crippen molar-refractivity contribution in [2.75, 3.05) is 7.11 Å². The lowest BCUT2D eigenvalue weighted by Gasteiger charge is -2.37. The van der Waals surface area contributed by atoms with E-state index >= 15 is 0 Å². The van der Waals surface area contributed by atoms with Crippen molar-refractivity contribution in [1.82, 2.24) is 10.2 Å². The lowest BCUT2D eigenvalue weighted by Crippen LogP contribution is -2.38. The third-order valence-electron chi connectivity index (χ3n) is 6.38. The van der Waals surface area contributed by atoms with Crippen LogP contribution < -0.4 is 5.32 Å². The van der Waals surface area contributed by atoms with E-state index in [4.69, 9.17) is 9.73 Å². The van der Waals surface area contributed by atoms with Crippen LogP contribution in [0.3, 0.4) is 0 Å². The van der Waals surface area contributed by atoms with E-state index in [2.05, 4.69) is 23.5 Å². The molecule has 35 heavy (non-hydrogen) atoms. The number of carbonyl (C=O) groups excluding carboxylic acids is 2. The van der Waals surface area contributed by atoms with E-state index in [0.717, 1.165) is 38.8 Å². The van der Waals surface area contributed by atoms with Gasteiger partial charge in [0.25, 0.3) is 0 Å². The molecule has 2 aliphatic rings. The van der Waals surface area contributed by atoms with Crippen LogP contribution in [-0.4, -0.2) is 29.1 Å². The second-order valence-electron chi connectivity index (χ2n) is 8.84. The Hall–Kier alpha value is -3.32. The van der Waals surface area contributed by atoms with E-state index in [0.29, 0.717) is 12.0 Å². The maximum absolute atomic E-state index is 13.1. The number of aryl methyl sites for hydroxylation is 2. The van der Waals surface area contributed by atoms with Crippen LogP contribution in [-0.2, 0) is 14.3 Å². The predicted octanol–water partition coefficient (Wildman–Crippen LogP) is 5.71. The van der Waals surface area contributed by atoms with Gasteiger partial charge in [-0.25, -0.2) is 9.79 Å². The zero-order valence-electron chi connectivity index (χ0n) is 20.8. The van der Waals surface area contributed by atoms with Crippen molar-refractivity contribution in [3.63, 3.8) is 0 Å². The van der Waals surface area contributed by atoms with Crippen LogP contribution in [0.4, 0.5) is 0 Å². The molecule has 6 nitrogen and oxygen atoms in total. The normalized spacial score (nSPS) is 18.0. The smallest absolute Gasteiger partial charge is 0.338 e. The van der Waals surface area contributed by atoms with Crippen molar-refractivity contribution >= 4 is 28.8 Å². The van der Waals surface area contributed by atoms with Crippen molar-refractivity contribution < 1.29 is 14.3 Å². The molecule has 0 fully saturated rings. The minimum Gasteiger partial charge on any atom is -0.466 e. The molecular formula is C28H31N3O3S. The van der Waals surface area contributed by atoms with Gasteiger partial charge in [-0.05, 0) is 49.3 Å². The highest BCUT2D eigenvalue weighted by atomic mass is 32.2. The van der Waals surface area contributed by atoms with Crippen molar-refractivity contribution in [3.05, 3.63) is 93.2 Å². The SMILES string of the molecule is CCC1=C(C(=O)OC)[C@H](c2cc(C)ccc2C)N2C(CC(=O)N[C@H](C)c3ccccc3)=CSC2=N1. The molecule has 1 N–H and O–H groups in total. The number of carbonyl (C=O) groups is 2. The molecule has 182 valence electrons. The molecule has 2 aromatic rings. The van der Waals surface area contributed by atoms with E-state index in [1.807, 2.05) is 68.3 Å². The Morgan fingerprint density at radius 3 is 2.60 bits per heavy atom. The fraction of sp³-hybridized carbons (Fsp3) is 0.321. The summed E-state index contributed by atoms with van der Waals surface area (Å²) in [6.45, 7) is 8.05. The number of rotatable bonds is 7. The first-order valence-electron chi connectivity index (χ1n) is 11.8. The van der Waals surface area contributed by atoms with Gasteiger partial charge in [-0.15, -0.1) is 0 Å². The summed E-state index contributed by atoms with van der Waals surface area (Å²) < 4.78 is 5.21. The summed E-state index contributed by atoms with van der Waals surface area (Å²) in [5.41, 5.74) is 6.29. The van der Waals surface area contributed by atoms with Crippen LogP contribution in [0.1, 0.15) is 61.0 Å². The molecule has 0 aliphatic carbocycles. The number of hydrogen-bond acceptors (Lipinski definition) is 6. The Morgan fingerprint density at radius 2 is 1.91 bits per heavy atom. The second-order valence-corrected chi connectivity index (χ2v) is 9.67. The van der Waals surface area contributed by atoms with Crippen LogP contribution in [0.5, 0.6) is 0 Å². The number of amides is 1. The molecule has 1 amide bonds. The van der Waals surface area contributed by atoms with E-state index in [-0.39, 0.29) is 18.4 Å². The highest BCUT2D eigenvalue weighted by Gasteiger charge is 2.42. The number of nitrogens with one attached hydrogen (secondary N) is 1. The molecule has 0 radical (unpaired) electrons. The number of nitrogens with zero attached hydrogens (tertiary/aromatic N) is 2. The maximum atomic E-state index is 13.1. The average Bonchev–Trinajstić information content (AvgIpc) is 3.26. The molecular weight excluding hydrogens is 458 g/mol. The highest BCUT2D eigenvalue weighted by Crippen LogP contribution is 2.46. The first-order chi connectivity index (χ1) is 16.8. The molecule has 2 atom stereocenters. The number of esters is 1. The Morgan fingerprint density at radius 1 is 1.17 bits per heavy atom. The average molecular weight is 490 g/mol. The first-order valence-corrected chi connectivity index (χ1v) is 12.7. The van der Waals surface area contributed by atoms with Gasteiger partial charge in [0.2, 0.25) is 5.91 Å². The van der Waals surface area contributed by atoms with Gasteiger partial charge in [0.15, 0.2) is 5.17 Å². The minimum atomic E-state index is -0.412. The van der Waals surface area contributed by atoms with E-state index in [1.165, 1.54) is 18.9 Å². The number of thioether (sulfide) groups is 1. The van der Waals surface area contributed by atoms with Crippen molar-refractivity contribution in [2.24, 2.45) is 4.99 Å². The Kier molecular flexibility index (Phi) is 7.45. The Balaban J connectivity index is 1.68. The molecule has 0 spiro atoms. The summed E-state index contributed by atoms with van der Waals surface area (Å²) in [5.74, 6) is -0.479. The Labute approximate surface area is 211 Å². The second kappa shape index (κ2) is 10.5. The zero-order chi connectivity index (χ0) is 25.1. The monoisotopic (exact) mass is 489 g/mol. The summed E-state index contributed by atoms with van der Waals surface area (Å²) >= 11 is 1.49. The zero-order valence-corrected chi connectivity index (χ0v) is 21.6. The van der Waals surface area contributed by atoms with Crippen LogP contribution in [0.2, 0.25) is 0 Å². The molecule has 0 aromatic heterocycles. The summed E-state index contributed by atoms with van der Waals surface area (Å²) in [7, 11) is 1.40. The number of ether oxygens (including phenoxy) is 1. The van der Waals surface area contributed by atoms with Crippen LogP contribution in [0.15, 0.2) is 75.9 Å². The number of allylic oxidation sites excluding steroid dienone is 1. The molecule has 0 bridgehead atoms. The van der Waals surface area contributed by atoms with E-state index < -0.39 is 12.0 Å². The van der Waals surface area contributed by atoms with Gasteiger partial charge in [-0.2, -0.15) is 0 Å². The number of amidine groups is 1. The number of aliphatic imine (C=N–C) groups is 1. The lowest BCUT2D eigenvalue weighted by molar-refractivity contribution is -0.136. The number of methoxy groups -OCH3 is 1. The molecule has 2 heterocycles. The highest BCUT2D eigenvalue weighted by molar-refractivity contribution is 8.16. The summed E-state index contributed by atoms with van der Waals surface area (Å²) in [6, 6.07) is 15.6. The van der Waals surface area contributed by atoms with Gasteiger partial charge in [0, 0.05) is 5.70 Å². The summed E-state index contributed by atoms with van der Waals surface area (Å²) in [6.07, 6.45) is 0.786. The summed E-state index contributed by atoms with van der Waals surface area (Å²) in [5, 5.41) is 5.85. The lowest BCUT2D eigenvalue weighted by atomic mass is 9.89. The van der Waals surface area contributed by atoms with Gasteiger partial charge in [-0.3, -0.25) is 4.79 Å². The molecule has 2 aliphatic heterocycles. The van der Waals surface area contributed by atoms with Gasteiger partial charge in [0.1, 0.15) is 0 Å². The van der Waals surface area contributed by atoms with Gasteiger partial charge < -0.3 is 15.0 Å². The third-order valence-corrected chi connectivity index (χ3v) is 7.27. The molecule has 4 rings (SSSR count). The van der Waals surface area contributed by atoms with Gasteiger partial charge in [0.05, 0.1) is 36.9 Å². The maximum Gasteiger partial charge on any atom is 0.338 e. The molecule has 0 unspecified atom stereocenters. The standard InChI is InChI=1S/C28H31N3O3S/c1-6-23-25(27(33)34-5)26(22-14-17(2)12-13-18(22)3)31-21(16-35-28(31)30-23)15-24(32)29-19(4)20-10-8-7-9-11-20/h7-14,16,19,26H,6,15H2,1-5H3,(H,29,32)/t19-,26+/m1/s1.